The van der Waals surface area contributed by atoms with Crippen LogP contribution in [0.2, 0.25) is 0 Å². The number of carbonyl (C=O) groups is 2. The quantitative estimate of drug-likeness (QED) is 0.753. The molecule has 148 valence electrons. The zero-order chi connectivity index (χ0) is 20.0. The molecule has 1 aliphatic heterocycles. The van der Waals surface area contributed by atoms with Gasteiger partial charge in [0.2, 0.25) is 11.8 Å². The highest BCUT2D eigenvalue weighted by atomic mass is 32.2. The lowest BCUT2D eigenvalue weighted by Gasteiger charge is -2.38. The van der Waals surface area contributed by atoms with Crippen molar-refractivity contribution in [2.45, 2.75) is 30.8 Å². The van der Waals surface area contributed by atoms with Gasteiger partial charge in [0, 0.05) is 18.8 Å². The van der Waals surface area contributed by atoms with Gasteiger partial charge in [0.1, 0.15) is 6.04 Å². The maximum atomic E-state index is 13.1. The summed E-state index contributed by atoms with van der Waals surface area (Å²) in [6.07, 6.45) is 0.258. The third-order valence-electron chi connectivity index (χ3n) is 5.20. The second-order valence-corrected chi connectivity index (χ2v) is 8.71. The molecular formula is C22H27N3O2S. The lowest BCUT2D eigenvalue weighted by molar-refractivity contribution is -0.130. The Labute approximate surface area is 170 Å². The fourth-order valence-electron chi connectivity index (χ4n) is 3.35. The highest BCUT2D eigenvalue weighted by Gasteiger charge is 2.46. The summed E-state index contributed by atoms with van der Waals surface area (Å²) in [5.41, 5.74) is 1.96. The van der Waals surface area contributed by atoms with Gasteiger partial charge in [0.25, 0.3) is 0 Å². The normalized spacial score (nSPS) is 20.5. The van der Waals surface area contributed by atoms with Crippen LogP contribution < -0.4 is 10.6 Å². The van der Waals surface area contributed by atoms with E-state index in [-0.39, 0.29) is 18.2 Å². The number of thioether (sulfide) groups is 1. The number of hydrogen-bond donors (Lipinski definition) is 2. The van der Waals surface area contributed by atoms with E-state index in [1.165, 1.54) is 0 Å². The Balaban J connectivity index is 1.71. The maximum Gasteiger partial charge on any atom is 0.245 e. The van der Waals surface area contributed by atoms with E-state index in [1.807, 2.05) is 74.6 Å². The molecule has 2 N–H and O–H groups in total. The van der Waals surface area contributed by atoms with Gasteiger partial charge in [0.15, 0.2) is 0 Å². The zero-order valence-electron chi connectivity index (χ0n) is 16.4. The molecule has 2 unspecified atom stereocenters. The number of nitrogens with one attached hydrogen (secondary N) is 2. The van der Waals surface area contributed by atoms with Crippen LogP contribution in [0.4, 0.5) is 0 Å². The first-order chi connectivity index (χ1) is 13.5. The van der Waals surface area contributed by atoms with Gasteiger partial charge < -0.3 is 10.6 Å². The van der Waals surface area contributed by atoms with Crippen molar-refractivity contribution < 1.29 is 9.59 Å². The number of benzene rings is 2. The van der Waals surface area contributed by atoms with Crippen LogP contribution in [0.25, 0.3) is 0 Å². The van der Waals surface area contributed by atoms with Gasteiger partial charge in [0.05, 0.1) is 11.3 Å². The minimum absolute atomic E-state index is 0.145. The van der Waals surface area contributed by atoms with E-state index in [0.29, 0.717) is 6.54 Å². The van der Waals surface area contributed by atoms with Crippen molar-refractivity contribution in [1.29, 1.82) is 0 Å². The summed E-state index contributed by atoms with van der Waals surface area (Å²) >= 11 is 1.71. The first kappa shape index (κ1) is 20.4. The second kappa shape index (κ2) is 9.26. The van der Waals surface area contributed by atoms with Crippen molar-refractivity contribution >= 4 is 23.6 Å². The van der Waals surface area contributed by atoms with E-state index >= 15 is 0 Å². The predicted molar refractivity (Wildman–Crippen MR) is 114 cm³/mol. The number of carbonyl (C=O) groups excluding carboxylic acids is 2. The van der Waals surface area contributed by atoms with E-state index in [9.17, 15) is 9.59 Å². The van der Waals surface area contributed by atoms with E-state index in [4.69, 9.17) is 0 Å². The van der Waals surface area contributed by atoms with Gasteiger partial charge in [-0.25, -0.2) is 0 Å². The monoisotopic (exact) mass is 397 g/mol. The highest BCUT2D eigenvalue weighted by Crippen LogP contribution is 2.37. The summed E-state index contributed by atoms with van der Waals surface area (Å²) in [4.78, 5) is 27.4. The lowest BCUT2D eigenvalue weighted by atomic mass is 10.1. The van der Waals surface area contributed by atoms with Crippen LogP contribution in [0, 0.1) is 0 Å². The average Bonchev–Trinajstić information content (AvgIpc) is 3.05. The zero-order valence-corrected chi connectivity index (χ0v) is 17.2. The van der Waals surface area contributed by atoms with Crippen LogP contribution in [-0.2, 0) is 22.6 Å². The fourth-order valence-corrected chi connectivity index (χ4v) is 4.77. The topological polar surface area (TPSA) is 61.4 Å². The number of rotatable bonds is 7. The molecule has 28 heavy (non-hydrogen) atoms. The van der Waals surface area contributed by atoms with Crippen molar-refractivity contribution in [3.05, 3.63) is 71.8 Å². The summed E-state index contributed by atoms with van der Waals surface area (Å²) < 4.78 is 0. The molecule has 1 fully saturated rings. The molecular weight excluding hydrogens is 370 g/mol. The molecule has 3 rings (SSSR count). The first-order valence-electron chi connectivity index (χ1n) is 9.49. The van der Waals surface area contributed by atoms with E-state index in [2.05, 4.69) is 15.5 Å². The molecule has 2 aromatic carbocycles. The van der Waals surface area contributed by atoms with E-state index < -0.39 is 10.9 Å². The molecule has 0 aromatic heterocycles. The number of nitrogens with zero attached hydrogens (tertiary/aromatic N) is 1. The van der Waals surface area contributed by atoms with Crippen LogP contribution in [-0.4, -0.2) is 47.0 Å². The Morgan fingerprint density at radius 1 is 1.07 bits per heavy atom. The Hall–Kier alpha value is -2.31. The van der Waals surface area contributed by atoms with Gasteiger partial charge in [-0.05, 0) is 25.1 Å². The molecule has 0 bridgehead atoms. The molecule has 0 radical (unpaired) electrons. The van der Waals surface area contributed by atoms with Crippen LogP contribution in [0.15, 0.2) is 60.7 Å². The van der Waals surface area contributed by atoms with E-state index in [1.54, 1.807) is 11.8 Å². The number of hydrogen-bond acceptors (Lipinski definition) is 4. The molecule has 5 nitrogen and oxygen atoms in total. The van der Waals surface area contributed by atoms with E-state index in [0.717, 1.165) is 23.4 Å². The summed E-state index contributed by atoms with van der Waals surface area (Å²) in [7, 11) is 2.00. The molecule has 0 saturated carbocycles. The third-order valence-corrected chi connectivity index (χ3v) is 6.72. The van der Waals surface area contributed by atoms with Gasteiger partial charge in [-0.2, -0.15) is 0 Å². The summed E-state index contributed by atoms with van der Waals surface area (Å²) in [5.74, 6) is 0.631. The minimum Gasteiger partial charge on any atom is -0.350 e. The SMILES string of the molecule is CN1CCSC1(C)C(NC(=O)Cc1ccccc1)C(=O)NCc1ccccc1. The van der Waals surface area contributed by atoms with Crippen LogP contribution in [0.5, 0.6) is 0 Å². The Bertz CT molecular complexity index is 800. The van der Waals surface area contributed by atoms with Crippen molar-refractivity contribution in [3.63, 3.8) is 0 Å². The van der Waals surface area contributed by atoms with Crippen molar-refractivity contribution in [1.82, 2.24) is 15.5 Å². The Morgan fingerprint density at radius 2 is 1.68 bits per heavy atom. The molecule has 1 heterocycles. The van der Waals surface area contributed by atoms with Crippen molar-refractivity contribution in [3.8, 4) is 0 Å². The van der Waals surface area contributed by atoms with Crippen LogP contribution >= 0.6 is 11.8 Å². The fraction of sp³-hybridized carbons (Fsp3) is 0.364. The van der Waals surface area contributed by atoms with Gasteiger partial charge in [-0.1, -0.05) is 60.7 Å². The predicted octanol–water partition coefficient (Wildman–Crippen LogP) is 2.43. The summed E-state index contributed by atoms with van der Waals surface area (Å²) in [6.45, 7) is 3.35. The minimum atomic E-state index is -0.634. The molecule has 2 aromatic rings. The van der Waals surface area contributed by atoms with Gasteiger partial charge >= 0.3 is 0 Å². The number of amides is 2. The van der Waals surface area contributed by atoms with Crippen molar-refractivity contribution in [2.75, 3.05) is 19.3 Å². The third kappa shape index (κ3) is 4.94. The smallest absolute Gasteiger partial charge is 0.245 e. The lowest BCUT2D eigenvalue weighted by Crippen LogP contribution is -2.61. The summed E-state index contributed by atoms with van der Waals surface area (Å²) in [6, 6.07) is 18.7. The van der Waals surface area contributed by atoms with Crippen molar-refractivity contribution in [2.24, 2.45) is 0 Å². The van der Waals surface area contributed by atoms with Gasteiger partial charge in [-0.15, -0.1) is 11.8 Å². The average molecular weight is 398 g/mol. The maximum absolute atomic E-state index is 13.1. The van der Waals surface area contributed by atoms with Gasteiger partial charge in [-0.3, -0.25) is 14.5 Å². The van der Waals surface area contributed by atoms with Crippen LogP contribution in [0.3, 0.4) is 0 Å². The highest BCUT2D eigenvalue weighted by molar-refractivity contribution is 8.00. The van der Waals surface area contributed by atoms with Crippen LogP contribution in [0.1, 0.15) is 18.1 Å². The number of likely N-dealkylation sites (N-methyl/N-ethyl adjacent to an activating group) is 1. The Morgan fingerprint density at radius 3 is 2.25 bits per heavy atom. The molecule has 0 spiro atoms. The first-order valence-corrected chi connectivity index (χ1v) is 10.5. The second-order valence-electron chi connectivity index (χ2n) is 7.19. The summed E-state index contributed by atoms with van der Waals surface area (Å²) in [5, 5.41) is 6.00. The molecule has 6 heteroatoms. The Kier molecular flexibility index (Phi) is 6.75. The largest absolute Gasteiger partial charge is 0.350 e. The molecule has 1 saturated heterocycles. The standard InChI is InChI=1S/C22H27N3O2S/c1-22(25(2)13-14-28-22)20(21(27)23-16-18-11-7-4-8-12-18)24-19(26)15-17-9-5-3-6-10-17/h3-12,20H,13-16H2,1-2H3,(H,23,27)(H,24,26). The molecule has 2 amide bonds. The molecule has 2 atom stereocenters. The molecule has 1 aliphatic rings. The molecule has 0 aliphatic carbocycles.